The molecule has 0 bridgehead atoms. The summed E-state index contributed by atoms with van der Waals surface area (Å²) in [5.41, 5.74) is 0. The first-order valence-electron chi connectivity index (χ1n) is 10.5. The van der Waals surface area contributed by atoms with Crippen LogP contribution in [-0.4, -0.2) is 61.8 Å². The average molecular weight is 426 g/mol. The Balaban J connectivity index is 1.57. The van der Waals surface area contributed by atoms with E-state index in [1.807, 2.05) is 11.8 Å². The lowest BCUT2D eigenvalue weighted by atomic mass is 9.78. The van der Waals surface area contributed by atoms with Crippen molar-refractivity contribution >= 4 is 15.9 Å². The minimum Gasteiger partial charge on any atom is -0.352 e. The molecule has 1 aliphatic carbocycles. The van der Waals surface area contributed by atoms with Crippen molar-refractivity contribution in [1.29, 1.82) is 0 Å². The summed E-state index contributed by atoms with van der Waals surface area (Å²) in [4.78, 5) is 14.5. The van der Waals surface area contributed by atoms with Crippen molar-refractivity contribution < 1.29 is 17.6 Å². The highest BCUT2D eigenvalue weighted by atomic mass is 32.2. The van der Waals surface area contributed by atoms with Crippen molar-refractivity contribution in [3.05, 3.63) is 30.1 Å². The summed E-state index contributed by atoms with van der Waals surface area (Å²) in [6.07, 6.45) is 3.36. The molecule has 1 aliphatic heterocycles. The largest absolute Gasteiger partial charge is 0.352 e. The van der Waals surface area contributed by atoms with E-state index in [9.17, 15) is 17.6 Å². The molecule has 8 heteroatoms. The number of rotatable bonds is 5. The molecule has 0 radical (unpaired) electrons. The van der Waals surface area contributed by atoms with Crippen LogP contribution in [0.5, 0.6) is 0 Å². The minimum atomic E-state index is -3.87. The van der Waals surface area contributed by atoms with Crippen LogP contribution in [0.3, 0.4) is 0 Å². The van der Waals surface area contributed by atoms with Crippen LogP contribution >= 0.6 is 0 Å². The molecule has 2 aliphatic rings. The number of nitrogens with zero attached hydrogens (tertiary/aromatic N) is 2. The van der Waals surface area contributed by atoms with Crippen molar-refractivity contribution in [3.8, 4) is 0 Å². The molecule has 1 heterocycles. The lowest BCUT2D eigenvalue weighted by Crippen LogP contribution is -2.56. The van der Waals surface area contributed by atoms with E-state index < -0.39 is 15.8 Å². The van der Waals surface area contributed by atoms with Gasteiger partial charge in [0.05, 0.1) is 6.04 Å². The van der Waals surface area contributed by atoms with Gasteiger partial charge in [-0.2, -0.15) is 4.31 Å². The standard InChI is InChI=1S/C21H32FN3O3S/c1-15-7-6-9-19(16(15)2)23-21(26)17(3)24-11-13-25(14-12-24)29(27,28)20-10-5-4-8-18(20)22/h4-5,8,10,15-17,19H,6-7,9,11-14H2,1-3H3,(H,23,26). The molecule has 4 atom stereocenters. The van der Waals surface area contributed by atoms with Gasteiger partial charge in [0.2, 0.25) is 15.9 Å². The lowest BCUT2D eigenvalue weighted by molar-refractivity contribution is -0.127. The van der Waals surface area contributed by atoms with E-state index in [-0.39, 0.29) is 36.0 Å². The van der Waals surface area contributed by atoms with E-state index in [4.69, 9.17) is 0 Å². The summed E-state index contributed by atoms with van der Waals surface area (Å²) in [7, 11) is -3.87. The number of hydrogen-bond donors (Lipinski definition) is 1. The van der Waals surface area contributed by atoms with Crippen LogP contribution in [0.4, 0.5) is 4.39 Å². The van der Waals surface area contributed by atoms with Crippen molar-refractivity contribution in [2.75, 3.05) is 26.2 Å². The number of benzene rings is 1. The number of piperazine rings is 1. The van der Waals surface area contributed by atoms with Crippen LogP contribution < -0.4 is 5.32 Å². The molecular formula is C21H32FN3O3S. The van der Waals surface area contributed by atoms with Gasteiger partial charge < -0.3 is 5.32 Å². The molecule has 6 nitrogen and oxygen atoms in total. The van der Waals surface area contributed by atoms with Crippen LogP contribution in [0, 0.1) is 17.7 Å². The Morgan fingerprint density at radius 1 is 1.14 bits per heavy atom. The molecule has 1 amide bonds. The van der Waals surface area contributed by atoms with Gasteiger partial charge in [-0.05, 0) is 37.3 Å². The second-order valence-electron chi connectivity index (χ2n) is 8.43. The summed E-state index contributed by atoms with van der Waals surface area (Å²) in [6, 6.07) is 5.32. The third-order valence-electron chi connectivity index (χ3n) is 6.69. The van der Waals surface area contributed by atoms with E-state index in [0.29, 0.717) is 24.9 Å². The van der Waals surface area contributed by atoms with Crippen molar-refractivity contribution in [2.45, 2.75) is 57.0 Å². The number of hydrogen-bond acceptors (Lipinski definition) is 4. The van der Waals surface area contributed by atoms with Gasteiger partial charge in [0.1, 0.15) is 10.7 Å². The van der Waals surface area contributed by atoms with E-state index >= 15 is 0 Å². The first-order valence-corrected chi connectivity index (χ1v) is 11.9. The Morgan fingerprint density at radius 3 is 2.45 bits per heavy atom. The molecular weight excluding hydrogens is 393 g/mol. The highest BCUT2D eigenvalue weighted by molar-refractivity contribution is 7.89. The number of nitrogens with one attached hydrogen (secondary N) is 1. The van der Waals surface area contributed by atoms with Crippen LogP contribution in [-0.2, 0) is 14.8 Å². The van der Waals surface area contributed by atoms with Gasteiger partial charge in [-0.1, -0.05) is 38.8 Å². The topological polar surface area (TPSA) is 69.7 Å². The fourth-order valence-electron chi connectivity index (χ4n) is 4.38. The molecule has 1 aromatic carbocycles. The summed E-state index contributed by atoms with van der Waals surface area (Å²) >= 11 is 0. The summed E-state index contributed by atoms with van der Waals surface area (Å²) in [5, 5.41) is 3.21. The maximum Gasteiger partial charge on any atom is 0.246 e. The summed E-state index contributed by atoms with van der Waals surface area (Å²) in [5.74, 6) is 0.332. The quantitative estimate of drug-likeness (QED) is 0.787. The Bertz CT molecular complexity index is 824. The summed E-state index contributed by atoms with van der Waals surface area (Å²) < 4.78 is 40.7. The molecule has 0 aromatic heterocycles. The maximum absolute atomic E-state index is 14.0. The molecule has 0 spiro atoms. The molecule has 162 valence electrons. The first kappa shape index (κ1) is 22.2. The van der Waals surface area contributed by atoms with Crippen molar-refractivity contribution in [3.63, 3.8) is 0 Å². The lowest BCUT2D eigenvalue weighted by Gasteiger charge is -2.39. The second-order valence-corrected chi connectivity index (χ2v) is 10.3. The van der Waals surface area contributed by atoms with Gasteiger partial charge in [-0.25, -0.2) is 12.8 Å². The maximum atomic E-state index is 14.0. The van der Waals surface area contributed by atoms with E-state index in [0.717, 1.165) is 18.9 Å². The summed E-state index contributed by atoms with van der Waals surface area (Å²) in [6.45, 7) is 7.68. The zero-order chi connectivity index (χ0) is 21.2. The zero-order valence-corrected chi connectivity index (χ0v) is 18.3. The third-order valence-corrected chi connectivity index (χ3v) is 8.62. The Kier molecular flexibility index (Phi) is 6.96. The molecule has 1 N–H and O–H groups in total. The van der Waals surface area contributed by atoms with Gasteiger partial charge in [0.25, 0.3) is 0 Å². The number of sulfonamides is 1. The number of carbonyl (C=O) groups is 1. The van der Waals surface area contributed by atoms with E-state index in [1.54, 1.807) is 0 Å². The van der Waals surface area contributed by atoms with Crippen LogP contribution in [0.1, 0.15) is 40.0 Å². The highest BCUT2D eigenvalue weighted by Gasteiger charge is 2.34. The van der Waals surface area contributed by atoms with Crippen molar-refractivity contribution in [2.24, 2.45) is 11.8 Å². The van der Waals surface area contributed by atoms with Gasteiger partial charge >= 0.3 is 0 Å². The number of amides is 1. The fraction of sp³-hybridized carbons (Fsp3) is 0.667. The average Bonchev–Trinajstić information content (AvgIpc) is 2.71. The number of halogens is 1. The Hall–Kier alpha value is -1.51. The first-order chi connectivity index (χ1) is 13.7. The molecule has 1 saturated carbocycles. The normalized spacial score (nSPS) is 28.1. The molecule has 4 unspecified atom stereocenters. The van der Waals surface area contributed by atoms with Gasteiger partial charge in [0, 0.05) is 32.2 Å². The molecule has 1 saturated heterocycles. The second kappa shape index (κ2) is 9.10. The fourth-order valence-corrected chi connectivity index (χ4v) is 5.87. The zero-order valence-electron chi connectivity index (χ0n) is 17.5. The molecule has 2 fully saturated rings. The monoisotopic (exact) mass is 425 g/mol. The van der Waals surface area contributed by atoms with E-state index in [2.05, 4.69) is 19.2 Å². The van der Waals surface area contributed by atoms with Gasteiger partial charge in [0.15, 0.2) is 0 Å². The highest BCUT2D eigenvalue weighted by Crippen LogP contribution is 2.29. The molecule has 1 aromatic rings. The molecule has 29 heavy (non-hydrogen) atoms. The van der Waals surface area contributed by atoms with Gasteiger partial charge in [-0.15, -0.1) is 0 Å². The van der Waals surface area contributed by atoms with Crippen LogP contribution in [0.2, 0.25) is 0 Å². The predicted octanol–water partition coefficient (Wildman–Crippen LogP) is 2.46. The van der Waals surface area contributed by atoms with E-state index in [1.165, 1.54) is 28.9 Å². The SMILES string of the molecule is CC1CCCC(NC(=O)C(C)N2CCN(S(=O)(=O)c3ccccc3F)CC2)C1C. The number of carbonyl (C=O) groups excluding carboxylic acids is 1. The predicted molar refractivity (Wildman–Crippen MR) is 110 cm³/mol. The smallest absolute Gasteiger partial charge is 0.246 e. The molecule has 3 rings (SSSR count). The van der Waals surface area contributed by atoms with Crippen LogP contribution in [0.15, 0.2) is 29.2 Å². The van der Waals surface area contributed by atoms with Gasteiger partial charge in [-0.3, -0.25) is 9.69 Å². The van der Waals surface area contributed by atoms with Crippen molar-refractivity contribution in [1.82, 2.24) is 14.5 Å². The third kappa shape index (κ3) is 4.81. The Labute approximate surface area is 173 Å². The minimum absolute atomic E-state index is 0.00126. The Morgan fingerprint density at radius 2 is 1.79 bits per heavy atom. The van der Waals surface area contributed by atoms with Crippen LogP contribution in [0.25, 0.3) is 0 Å².